The maximum atomic E-state index is 12.7. The number of nitrogens with one attached hydrogen (secondary N) is 1. The molecule has 1 aliphatic rings. The standard InChI is InChI=1S/C24H24N2O6S/c1-4-31-21(28)14-32-18-10-8-17(9-11-18)12-19-23(29)26(24(30)33-19)13-20(27)25-22-15(2)6-5-7-16(22)3/h5-12H,4,13-14H2,1-3H3,(H,25,27)/b19-12-. The lowest BCUT2D eigenvalue weighted by Gasteiger charge is -2.15. The summed E-state index contributed by atoms with van der Waals surface area (Å²) in [5, 5.41) is 2.28. The first kappa shape index (κ1) is 24.1. The molecule has 0 aromatic heterocycles. The van der Waals surface area contributed by atoms with Crippen LogP contribution in [0.4, 0.5) is 10.5 Å². The van der Waals surface area contributed by atoms with E-state index in [2.05, 4.69) is 5.32 Å². The van der Waals surface area contributed by atoms with Crippen LogP contribution in [-0.4, -0.2) is 47.7 Å². The van der Waals surface area contributed by atoms with Crippen molar-refractivity contribution in [3.8, 4) is 5.75 Å². The third-order valence-corrected chi connectivity index (χ3v) is 5.67. The van der Waals surface area contributed by atoms with Crippen molar-refractivity contribution in [3.63, 3.8) is 0 Å². The van der Waals surface area contributed by atoms with Crippen LogP contribution in [-0.2, 0) is 19.1 Å². The van der Waals surface area contributed by atoms with E-state index in [0.717, 1.165) is 27.8 Å². The number of esters is 1. The highest BCUT2D eigenvalue weighted by Gasteiger charge is 2.36. The van der Waals surface area contributed by atoms with Gasteiger partial charge < -0.3 is 14.8 Å². The molecular formula is C24H24N2O6S. The third kappa shape index (κ3) is 6.23. The van der Waals surface area contributed by atoms with Gasteiger partial charge in [-0.1, -0.05) is 30.3 Å². The molecule has 2 aromatic rings. The maximum Gasteiger partial charge on any atom is 0.344 e. The zero-order valence-corrected chi connectivity index (χ0v) is 19.4. The van der Waals surface area contributed by atoms with E-state index in [1.165, 1.54) is 0 Å². The SMILES string of the molecule is CCOC(=O)COc1ccc(/C=C2\SC(=O)N(CC(=O)Nc3c(C)cccc3C)C2=O)cc1. The van der Waals surface area contributed by atoms with E-state index in [9.17, 15) is 19.2 Å². The number of amides is 3. The van der Waals surface area contributed by atoms with Crippen LogP contribution < -0.4 is 10.1 Å². The van der Waals surface area contributed by atoms with Gasteiger partial charge in [0.05, 0.1) is 11.5 Å². The Kier molecular flexibility index (Phi) is 7.89. The Balaban J connectivity index is 1.62. The lowest BCUT2D eigenvalue weighted by atomic mass is 10.1. The van der Waals surface area contributed by atoms with Gasteiger partial charge in [0.2, 0.25) is 5.91 Å². The molecule has 0 radical (unpaired) electrons. The van der Waals surface area contributed by atoms with E-state index in [1.807, 2.05) is 32.0 Å². The number of carbonyl (C=O) groups is 4. The van der Waals surface area contributed by atoms with Crippen molar-refractivity contribution < 1.29 is 28.7 Å². The van der Waals surface area contributed by atoms with Crippen LogP contribution in [0.15, 0.2) is 47.4 Å². The predicted octanol–water partition coefficient (Wildman–Crippen LogP) is 3.92. The number of para-hydroxylation sites is 1. The van der Waals surface area contributed by atoms with Gasteiger partial charge in [-0.3, -0.25) is 19.3 Å². The molecule has 0 spiro atoms. The lowest BCUT2D eigenvalue weighted by Crippen LogP contribution is -2.36. The number of ether oxygens (including phenoxy) is 2. The highest BCUT2D eigenvalue weighted by atomic mass is 32.2. The molecule has 9 heteroatoms. The van der Waals surface area contributed by atoms with Crippen molar-refractivity contribution in [1.82, 2.24) is 4.90 Å². The van der Waals surface area contributed by atoms with Gasteiger partial charge in [-0.05, 0) is 67.4 Å². The van der Waals surface area contributed by atoms with Gasteiger partial charge in [0.15, 0.2) is 6.61 Å². The fourth-order valence-electron chi connectivity index (χ4n) is 3.13. The molecule has 3 rings (SSSR count). The molecule has 2 aromatic carbocycles. The third-order valence-electron chi connectivity index (χ3n) is 4.76. The summed E-state index contributed by atoms with van der Waals surface area (Å²) in [6.45, 7) is 5.18. The van der Waals surface area contributed by atoms with E-state index >= 15 is 0 Å². The molecule has 0 saturated carbocycles. The van der Waals surface area contributed by atoms with E-state index < -0.39 is 23.0 Å². The Morgan fingerprint density at radius 2 is 1.73 bits per heavy atom. The van der Waals surface area contributed by atoms with Crippen LogP contribution >= 0.6 is 11.8 Å². The summed E-state index contributed by atoms with van der Waals surface area (Å²) in [6.07, 6.45) is 1.57. The molecule has 1 fully saturated rings. The number of imide groups is 1. The highest BCUT2D eigenvalue weighted by Crippen LogP contribution is 2.32. The zero-order chi connectivity index (χ0) is 24.0. The van der Waals surface area contributed by atoms with Gasteiger partial charge in [0, 0.05) is 5.69 Å². The Morgan fingerprint density at radius 1 is 1.06 bits per heavy atom. The number of rotatable bonds is 8. The number of carbonyl (C=O) groups excluding carboxylic acids is 4. The molecule has 0 atom stereocenters. The summed E-state index contributed by atoms with van der Waals surface area (Å²) in [4.78, 5) is 50.0. The Morgan fingerprint density at radius 3 is 2.36 bits per heavy atom. The number of hydrogen-bond donors (Lipinski definition) is 1. The highest BCUT2D eigenvalue weighted by molar-refractivity contribution is 8.18. The van der Waals surface area contributed by atoms with Crippen molar-refractivity contribution in [2.24, 2.45) is 0 Å². The van der Waals surface area contributed by atoms with E-state index in [1.54, 1.807) is 37.3 Å². The average Bonchev–Trinajstić information content (AvgIpc) is 3.03. The van der Waals surface area contributed by atoms with Crippen LogP contribution in [0.2, 0.25) is 0 Å². The summed E-state index contributed by atoms with van der Waals surface area (Å²) in [5.74, 6) is -0.961. The first-order valence-electron chi connectivity index (χ1n) is 10.3. The maximum absolute atomic E-state index is 12.7. The summed E-state index contributed by atoms with van der Waals surface area (Å²) >= 11 is 0.781. The average molecular weight is 469 g/mol. The molecule has 1 N–H and O–H groups in total. The minimum atomic E-state index is -0.524. The first-order valence-corrected chi connectivity index (χ1v) is 11.1. The van der Waals surface area contributed by atoms with Crippen LogP contribution in [0.25, 0.3) is 6.08 Å². The van der Waals surface area contributed by atoms with E-state index in [0.29, 0.717) is 17.0 Å². The second kappa shape index (κ2) is 10.8. The molecule has 33 heavy (non-hydrogen) atoms. The fourth-order valence-corrected chi connectivity index (χ4v) is 3.97. The topological polar surface area (TPSA) is 102 Å². The number of benzene rings is 2. The molecule has 0 bridgehead atoms. The zero-order valence-electron chi connectivity index (χ0n) is 18.5. The normalized spacial score (nSPS) is 14.5. The molecule has 3 amide bonds. The minimum absolute atomic E-state index is 0.198. The summed E-state index contributed by atoms with van der Waals surface area (Å²) in [7, 11) is 0. The van der Waals surface area contributed by atoms with E-state index in [4.69, 9.17) is 9.47 Å². The molecule has 1 saturated heterocycles. The molecule has 0 aliphatic carbocycles. The van der Waals surface area contributed by atoms with Crippen molar-refractivity contribution in [2.75, 3.05) is 25.1 Å². The van der Waals surface area contributed by atoms with Crippen molar-refractivity contribution in [2.45, 2.75) is 20.8 Å². The number of nitrogens with zero attached hydrogens (tertiary/aromatic N) is 1. The van der Waals surface area contributed by atoms with E-state index in [-0.39, 0.29) is 24.7 Å². The quantitative estimate of drug-likeness (QED) is 0.463. The number of hydrogen-bond acceptors (Lipinski definition) is 7. The predicted molar refractivity (Wildman–Crippen MR) is 126 cm³/mol. The first-order chi connectivity index (χ1) is 15.8. The van der Waals surface area contributed by atoms with Gasteiger partial charge in [-0.15, -0.1) is 0 Å². The molecule has 1 heterocycles. The van der Waals surface area contributed by atoms with Crippen molar-refractivity contribution in [3.05, 3.63) is 64.1 Å². The fraction of sp³-hybridized carbons (Fsp3) is 0.250. The monoisotopic (exact) mass is 468 g/mol. The van der Waals surface area contributed by atoms with Crippen molar-refractivity contribution >= 4 is 46.5 Å². The second-order valence-electron chi connectivity index (χ2n) is 7.25. The van der Waals surface area contributed by atoms with Gasteiger partial charge >= 0.3 is 5.97 Å². The number of thioether (sulfide) groups is 1. The van der Waals surface area contributed by atoms with Crippen LogP contribution in [0.5, 0.6) is 5.75 Å². The van der Waals surface area contributed by atoms with Crippen LogP contribution in [0, 0.1) is 13.8 Å². The smallest absolute Gasteiger partial charge is 0.344 e. The Bertz CT molecular complexity index is 1090. The molecule has 0 unspecified atom stereocenters. The van der Waals surface area contributed by atoms with Gasteiger partial charge in [-0.25, -0.2) is 4.79 Å². The second-order valence-corrected chi connectivity index (χ2v) is 8.24. The molecule has 1 aliphatic heterocycles. The molecular weight excluding hydrogens is 444 g/mol. The van der Waals surface area contributed by atoms with Crippen LogP contribution in [0.3, 0.4) is 0 Å². The summed E-state index contributed by atoms with van der Waals surface area (Å²) < 4.78 is 10.1. The Labute approximate surface area is 195 Å². The van der Waals surface area contributed by atoms with Crippen LogP contribution in [0.1, 0.15) is 23.6 Å². The largest absolute Gasteiger partial charge is 0.482 e. The summed E-state index contributed by atoms with van der Waals surface area (Å²) in [5.41, 5.74) is 3.14. The van der Waals surface area contributed by atoms with Crippen molar-refractivity contribution in [1.29, 1.82) is 0 Å². The Hall–Kier alpha value is -3.59. The van der Waals surface area contributed by atoms with Gasteiger partial charge in [0.25, 0.3) is 11.1 Å². The number of anilines is 1. The lowest BCUT2D eigenvalue weighted by molar-refractivity contribution is -0.145. The van der Waals surface area contributed by atoms with Gasteiger partial charge in [0.1, 0.15) is 12.3 Å². The molecule has 8 nitrogen and oxygen atoms in total. The van der Waals surface area contributed by atoms with Gasteiger partial charge in [-0.2, -0.15) is 0 Å². The minimum Gasteiger partial charge on any atom is -0.482 e. The number of aryl methyl sites for hydroxylation is 2. The summed E-state index contributed by atoms with van der Waals surface area (Å²) in [6, 6.07) is 12.3. The molecule has 172 valence electrons.